The van der Waals surface area contributed by atoms with Gasteiger partial charge in [0.05, 0.1) is 11.9 Å². The smallest absolute Gasteiger partial charge is 0.285 e. The minimum absolute atomic E-state index is 0.0933. The Morgan fingerprint density at radius 1 is 1.29 bits per heavy atom. The molecule has 6 heteroatoms. The van der Waals surface area contributed by atoms with Crippen LogP contribution in [-0.4, -0.2) is 16.1 Å². The van der Waals surface area contributed by atoms with Crippen molar-refractivity contribution in [3.05, 3.63) is 57.5 Å². The van der Waals surface area contributed by atoms with Gasteiger partial charge in [-0.1, -0.05) is 29.8 Å². The first-order valence-corrected chi connectivity index (χ1v) is 5.16. The van der Waals surface area contributed by atoms with Gasteiger partial charge in [-0.15, -0.1) is 0 Å². The standard InChI is InChI=1S/C11H8ClN3O2/c12-9-8(6-13-15-11(9)17)14-10(16)7-4-2-1-3-5-7/h1-6H,(H2,14,15,16,17). The summed E-state index contributed by atoms with van der Waals surface area (Å²) in [5, 5.41) is 8.14. The average Bonchev–Trinajstić information content (AvgIpc) is 2.36. The third-order valence-electron chi connectivity index (χ3n) is 2.08. The quantitative estimate of drug-likeness (QED) is 0.850. The number of nitrogens with zero attached hydrogens (tertiary/aromatic N) is 1. The van der Waals surface area contributed by atoms with Gasteiger partial charge in [0.2, 0.25) is 0 Å². The van der Waals surface area contributed by atoms with Crippen LogP contribution in [0.5, 0.6) is 0 Å². The zero-order valence-electron chi connectivity index (χ0n) is 8.61. The second-order valence-electron chi connectivity index (χ2n) is 3.25. The topological polar surface area (TPSA) is 74.8 Å². The molecule has 17 heavy (non-hydrogen) atoms. The Kier molecular flexibility index (Phi) is 3.20. The molecule has 0 saturated heterocycles. The highest BCUT2D eigenvalue weighted by molar-refractivity contribution is 6.33. The number of H-pyrrole nitrogens is 1. The van der Waals surface area contributed by atoms with Crippen LogP contribution in [0.1, 0.15) is 10.4 Å². The molecule has 0 unspecified atom stereocenters. The molecule has 86 valence electrons. The van der Waals surface area contributed by atoms with Crippen LogP contribution in [0, 0.1) is 0 Å². The van der Waals surface area contributed by atoms with Crippen molar-refractivity contribution in [3.63, 3.8) is 0 Å². The van der Waals surface area contributed by atoms with E-state index in [0.29, 0.717) is 5.56 Å². The molecule has 0 aliphatic rings. The molecule has 1 aromatic heterocycles. The van der Waals surface area contributed by atoms with E-state index in [0.717, 1.165) is 0 Å². The molecule has 0 saturated carbocycles. The molecule has 0 aliphatic carbocycles. The maximum atomic E-state index is 11.8. The number of carbonyl (C=O) groups is 1. The molecular formula is C11H8ClN3O2. The first kappa shape index (κ1) is 11.3. The average molecular weight is 250 g/mol. The number of hydrogen-bond donors (Lipinski definition) is 2. The summed E-state index contributed by atoms with van der Waals surface area (Å²) in [5.74, 6) is -0.347. The summed E-state index contributed by atoms with van der Waals surface area (Å²) in [5.41, 5.74) is 0.116. The SMILES string of the molecule is O=C(Nc1cn[nH]c(=O)c1Cl)c1ccccc1. The van der Waals surface area contributed by atoms with Crippen molar-refractivity contribution in [1.29, 1.82) is 0 Å². The largest absolute Gasteiger partial charge is 0.319 e. The zero-order chi connectivity index (χ0) is 12.3. The summed E-state index contributed by atoms with van der Waals surface area (Å²) >= 11 is 5.73. The van der Waals surface area contributed by atoms with E-state index >= 15 is 0 Å². The lowest BCUT2D eigenvalue weighted by Gasteiger charge is -2.05. The molecule has 0 spiro atoms. The van der Waals surface area contributed by atoms with Crippen LogP contribution in [0.2, 0.25) is 5.02 Å². The predicted molar refractivity (Wildman–Crippen MR) is 64.3 cm³/mol. The second kappa shape index (κ2) is 4.80. The maximum Gasteiger partial charge on any atom is 0.285 e. The fraction of sp³-hybridized carbons (Fsp3) is 0. The lowest BCUT2D eigenvalue weighted by atomic mass is 10.2. The summed E-state index contributed by atoms with van der Waals surface area (Å²) in [4.78, 5) is 22.9. The molecular weight excluding hydrogens is 242 g/mol. The van der Waals surface area contributed by atoms with E-state index < -0.39 is 5.56 Å². The first-order valence-electron chi connectivity index (χ1n) is 4.78. The van der Waals surface area contributed by atoms with Crippen molar-refractivity contribution in [2.24, 2.45) is 0 Å². The van der Waals surface area contributed by atoms with Crippen molar-refractivity contribution in [2.45, 2.75) is 0 Å². The number of anilines is 1. The van der Waals surface area contributed by atoms with Crippen LogP contribution in [-0.2, 0) is 0 Å². The third kappa shape index (κ3) is 2.51. The summed E-state index contributed by atoms with van der Waals surface area (Å²) in [6.07, 6.45) is 1.28. The van der Waals surface area contributed by atoms with Gasteiger partial charge in [0.15, 0.2) is 0 Å². The number of benzene rings is 1. The number of carbonyl (C=O) groups excluding carboxylic acids is 1. The fourth-order valence-corrected chi connectivity index (χ4v) is 1.39. The molecule has 1 aromatic carbocycles. The normalized spacial score (nSPS) is 9.94. The Morgan fingerprint density at radius 3 is 2.71 bits per heavy atom. The van der Waals surface area contributed by atoms with Crippen molar-refractivity contribution in [3.8, 4) is 0 Å². The molecule has 2 rings (SSSR count). The number of nitrogens with one attached hydrogen (secondary N) is 2. The summed E-state index contributed by atoms with van der Waals surface area (Å²) in [6, 6.07) is 8.60. The summed E-state index contributed by atoms with van der Waals surface area (Å²) in [6.45, 7) is 0. The zero-order valence-corrected chi connectivity index (χ0v) is 9.36. The highest BCUT2D eigenvalue weighted by atomic mass is 35.5. The fourth-order valence-electron chi connectivity index (χ4n) is 1.25. The Labute approximate surface area is 101 Å². The summed E-state index contributed by atoms with van der Waals surface area (Å²) in [7, 11) is 0. The van der Waals surface area contributed by atoms with Gasteiger partial charge in [0, 0.05) is 5.56 Å². The van der Waals surface area contributed by atoms with Gasteiger partial charge in [0.25, 0.3) is 11.5 Å². The Balaban J connectivity index is 2.25. The van der Waals surface area contributed by atoms with E-state index in [2.05, 4.69) is 15.5 Å². The van der Waals surface area contributed by atoms with Crippen LogP contribution < -0.4 is 10.9 Å². The van der Waals surface area contributed by atoms with Gasteiger partial charge in [-0.2, -0.15) is 5.10 Å². The Bertz CT molecular complexity index is 595. The molecule has 0 radical (unpaired) electrons. The highest BCUT2D eigenvalue weighted by Gasteiger charge is 2.10. The highest BCUT2D eigenvalue weighted by Crippen LogP contribution is 2.15. The Hall–Kier alpha value is -2.14. The van der Waals surface area contributed by atoms with Crippen LogP contribution in [0.15, 0.2) is 41.3 Å². The first-order chi connectivity index (χ1) is 8.18. The van der Waals surface area contributed by atoms with Crippen molar-refractivity contribution in [1.82, 2.24) is 10.2 Å². The third-order valence-corrected chi connectivity index (χ3v) is 2.45. The molecule has 0 aliphatic heterocycles. The number of rotatable bonds is 2. The van der Waals surface area contributed by atoms with Crippen LogP contribution in [0.25, 0.3) is 0 Å². The summed E-state index contributed by atoms with van der Waals surface area (Å²) < 4.78 is 0. The van der Waals surface area contributed by atoms with E-state index in [1.54, 1.807) is 30.3 Å². The minimum atomic E-state index is -0.544. The van der Waals surface area contributed by atoms with Gasteiger partial charge in [-0.05, 0) is 12.1 Å². The molecule has 0 fully saturated rings. The second-order valence-corrected chi connectivity index (χ2v) is 3.62. The van der Waals surface area contributed by atoms with Gasteiger partial charge >= 0.3 is 0 Å². The van der Waals surface area contributed by atoms with E-state index in [9.17, 15) is 9.59 Å². The lowest BCUT2D eigenvalue weighted by Crippen LogP contribution is -2.16. The molecule has 2 N–H and O–H groups in total. The van der Waals surface area contributed by atoms with E-state index in [4.69, 9.17) is 11.6 Å². The monoisotopic (exact) mass is 249 g/mol. The minimum Gasteiger partial charge on any atom is -0.319 e. The molecule has 0 atom stereocenters. The number of aromatic nitrogens is 2. The Morgan fingerprint density at radius 2 is 2.00 bits per heavy atom. The molecule has 1 heterocycles. The van der Waals surface area contributed by atoms with Crippen molar-refractivity contribution < 1.29 is 4.79 Å². The van der Waals surface area contributed by atoms with E-state index in [1.165, 1.54) is 6.20 Å². The van der Waals surface area contributed by atoms with Crippen molar-refractivity contribution >= 4 is 23.2 Å². The van der Waals surface area contributed by atoms with Gasteiger partial charge < -0.3 is 5.32 Å². The molecule has 2 aromatic rings. The number of aromatic amines is 1. The van der Waals surface area contributed by atoms with Crippen LogP contribution in [0.3, 0.4) is 0 Å². The van der Waals surface area contributed by atoms with Crippen LogP contribution >= 0.6 is 11.6 Å². The molecule has 5 nitrogen and oxygen atoms in total. The molecule has 0 bridgehead atoms. The number of halogens is 1. The van der Waals surface area contributed by atoms with E-state index in [1.807, 2.05) is 0 Å². The number of hydrogen-bond acceptors (Lipinski definition) is 3. The van der Waals surface area contributed by atoms with Crippen molar-refractivity contribution in [2.75, 3.05) is 5.32 Å². The van der Waals surface area contributed by atoms with Gasteiger partial charge in [-0.25, -0.2) is 5.10 Å². The van der Waals surface area contributed by atoms with Gasteiger partial charge in [0.1, 0.15) is 5.02 Å². The maximum absolute atomic E-state index is 11.8. The number of amides is 1. The molecule has 1 amide bonds. The van der Waals surface area contributed by atoms with E-state index in [-0.39, 0.29) is 16.6 Å². The predicted octanol–water partition coefficient (Wildman–Crippen LogP) is 1.68. The van der Waals surface area contributed by atoms with Crippen LogP contribution in [0.4, 0.5) is 5.69 Å². The van der Waals surface area contributed by atoms with Gasteiger partial charge in [-0.3, -0.25) is 9.59 Å². The lowest BCUT2D eigenvalue weighted by molar-refractivity contribution is 0.102.